The minimum atomic E-state index is -1.09. The van der Waals surface area contributed by atoms with Crippen LogP contribution in [0.25, 0.3) is 0 Å². The van der Waals surface area contributed by atoms with Crippen molar-refractivity contribution in [2.24, 2.45) is 0 Å². The molecule has 68 valence electrons. The molecule has 0 aromatic rings. The second kappa shape index (κ2) is 5.17. The summed E-state index contributed by atoms with van der Waals surface area (Å²) in [5.41, 5.74) is 0.840. The lowest BCUT2D eigenvalue weighted by molar-refractivity contribution is 0.183. The highest BCUT2D eigenvalue weighted by molar-refractivity contribution is 6.83. The van der Waals surface area contributed by atoms with Crippen LogP contribution in [-0.2, 0) is 0 Å². The van der Waals surface area contributed by atoms with E-state index in [0.717, 1.165) is 18.3 Å². The predicted molar refractivity (Wildman–Crippen MR) is 53.9 cm³/mol. The van der Waals surface area contributed by atoms with Crippen molar-refractivity contribution in [3.63, 3.8) is 0 Å². The van der Waals surface area contributed by atoms with Gasteiger partial charge in [0.1, 0.15) is 0 Å². The standard InChI is InChI=1S/C8H19ClOSi/c1-8(10)5-4-6-11(2,3)7-9/h8,10H,4-7H2,1-3H3. The van der Waals surface area contributed by atoms with E-state index in [1.165, 1.54) is 6.04 Å². The number of rotatable bonds is 5. The molecule has 0 saturated heterocycles. The first kappa shape index (κ1) is 11.5. The molecule has 1 nitrogen and oxygen atoms in total. The van der Waals surface area contributed by atoms with Crippen molar-refractivity contribution >= 4 is 19.7 Å². The van der Waals surface area contributed by atoms with Crippen LogP contribution in [-0.4, -0.2) is 24.8 Å². The van der Waals surface area contributed by atoms with Crippen LogP contribution < -0.4 is 0 Å². The van der Waals surface area contributed by atoms with E-state index in [1.54, 1.807) is 0 Å². The molecule has 0 aliphatic carbocycles. The summed E-state index contributed by atoms with van der Waals surface area (Å²) < 4.78 is 0. The van der Waals surface area contributed by atoms with Crippen molar-refractivity contribution in [2.75, 3.05) is 5.50 Å². The highest BCUT2D eigenvalue weighted by atomic mass is 35.5. The first-order valence-electron chi connectivity index (χ1n) is 4.22. The molecule has 1 N–H and O–H groups in total. The van der Waals surface area contributed by atoms with Crippen molar-refractivity contribution < 1.29 is 5.11 Å². The summed E-state index contributed by atoms with van der Waals surface area (Å²) in [6, 6.07) is 1.24. The zero-order chi connectivity index (χ0) is 8.91. The molecule has 0 aliphatic heterocycles. The fourth-order valence-electron chi connectivity index (χ4n) is 0.943. The summed E-state index contributed by atoms with van der Waals surface area (Å²) in [7, 11) is -1.09. The summed E-state index contributed by atoms with van der Waals surface area (Å²) in [5, 5.41) is 9.00. The second-order valence-corrected chi connectivity index (χ2v) is 9.94. The summed E-state index contributed by atoms with van der Waals surface area (Å²) in [5.74, 6) is 0. The number of hydrogen-bond donors (Lipinski definition) is 1. The van der Waals surface area contributed by atoms with E-state index in [-0.39, 0.29) is 6.10 Å². The molecular formula is C8H19ClOSi. The Morgan fingerprint density at radius 3 is 2.36 bits per heavy atom. The highest BCUT2D eigenvalue weighted by Gasteiger charge is 2.18. The molecule has 3 heteroatoms. The van der Waals surface area contributed by atoms with Crippen molar-refractivity contribution in [3.05, 3.63) is 0 Å². The van der Waals surface area contributed by atoms with Gasteiger partial charge in [0.15, 0.2) is 0 Å². The normalized spacial score (nSPS) is 15.0. The lowest BCUT2D eigenvalue weighted by Gasteiger charge is -2.18. The number of aliphatic hydroxyl groups is 1. The Bertz CT molecular complexity index is 104. The van der Waals surface area contributed by atoms with Crippen LogP contribution in [0.15, 0.2) is 0 Å². The molecule has 1 atom stereocenters. The fourth-order valence-corrected chi connectivity index (χ4v) is 2.64. The molecule has 0 saturated carbocycles. The van der Waals surface area contributed by atoms with Gasteiger partial charge < -0.3 is 5.11 Å². The van der Waals surface area contributed by atoms with Crippen LogP contribution in [0.1, 0.15) is 19.8 Å². The Morgan fingerprint density at radius 2 is 2.00 bits per heavy atom. The lowest BCUT2D eigenvalue weighted by Crippen LogP contribution is -2.28. The average Bonchev–Trinajstić information content (AvgIpc) is 1.87. The molecule has 0 radical (unpaired) electrons. The minimum Gasteiger partial charge on any atom is -0.393 e. The highest BCUT2D eigenvalue weighted by Crippen LogP contribution is 2.15. The van der Waals surface area contributed by atoms with E-state index >= 15 is 0 Å². The molecule has 0 aromatic heterocycles. The summed E-state index contributed by atoms with van der Waals surface area (Å²) in [4.78, 5) is 0. The van der Waals surface area contributed by atoms with E-state index in [1.807, 2.05) is 6.92 Å². The van der Waals surface area contributed by atoms with E-state index in [0.29, 0.717) is 0 Å². The van der Waals surface area contributed by atoms with E-state index in [9.17, 15) is 0 Å². The average molecular weight is 195 g/mol. The first-order valence-corrected chi connectivity index (χ1v) is 8.17. The Hall–Kier alpha value is 0.467. The van der Waals surface area contributed by atoms with E-state index in [2.05, 4.69) is 13.1 Å². The third kappa shape index (κ3) is 6.85. The van der Waals surface area contributed by atoms with Gasteiger partial charge in [-0.3, -0.25) is 0 Å². The molecule has 0 rings (SSSR count). The van der Waals surface area contributed by atoms with Gasteiger partial charge in [0.25, 0.3) is 0 Å². The first-order chi connectivity index (χ1) is 4.98. The molecule has 0 amide bonds. The Labute approximate surface area is 75.8 Å². The Balaban J connectivity index is 3.38. The topological polar surface area (TPSA) is 20.2 Å². The van der Waals surface area contributed by atoms with Gasteiger partial charge in [0, 0.05) is 5.50 Å². The maximum Gasteiger partial charge on any atom is 0.0639 e. The smallest absolute Gasteiger partial charge is 0.0639 e. The zero-order valence-corrected chi connectivity index (χ0v) is 9.49. The van der Waals surface area contributed by atoms with Crippen molar-refractivity contribution in [3.8, 4) is 0 Å². The van der Waals surface area contributed by atoms with Crippen LogP contribution in [0.2, 0.25) is 19.1 Å². The molecule has 0 spiro atoms. The second-order valence-electron chi connectivity index (χ2n) is 4.04. The summed E-state index contributed by atoms with van der Waals surface area (Å²) in [6.07, 6.45) is 1.91. The van der Waals surface area contributed by atoms with E-state index in [4.69, 9.17) is 16.7 Å². The lowest BCUT2D eigenvalue weighted by atomic mass is 10.2. The molecular weight excluding hydrogens is 176 g/mol. The van der Waals surface area contributed by atoms with Gasteiger partial charge in [-0.2, -0.15) is 0 Å². The number of aliphatic hydroxyl groups excluding tert-OH is 1. The van der Waals surface area contributed by atoms with Crippen molar-refractivity contribution in [1.82, 2.24) is 0 Å². The van der Waals surface area contributed by atoms with Crippen LogP contribution >= 0.6 is 11.6 Å². The minimum absolute atomic E-state index is 0.143. The van der Waals surface area contributed by atoms with Crippen LogP contribution in [0, 0.1) is 0 Å². The number of hydrogen-bond acceptors (Lipinski definition) is 1. The van der Waals surface area contributed by atoms with Gasteiger partial charge in [0.05, 0.1) is 14.2 Å². The summed E-state index contributed by atoms with van der Waals surface area (Å²) in [6.45, 7) is 6.43. The zero-order valence-electron chi connectivity index (χ0n) is 7.73. The molecule has 11 heavy (non-hydrogen) atoms. The van der Waals surface area contributed by atoms with Gasteiger partial charge in [-0.25, -0.2) is 0 Å². The summed E-state index contributed by atoms with van der Waals surface area (Å²) >= 11 is 5.81. The van der Waals surface area contributed by atoms with Gasteiger partial charge in [-0.15, -0.1) is 11.6 Å². The van der Waals surface area contributed by atoms with Gasteiger partial charge in [-0.05, 0) is 13.3 Å². The van der Waals surface area contributed by atoms with E-state index < -0.39 is 8.07 Å². The molecule has 0 aromatic carbocycles. The van der Waals surface area contributed by atoms with Crippen molar-refractivity contribution in [2.45, 2.75) is 45.0 Å². The van der Waals surface area contributed by atoms with Gasteiger partial charge in [0.2, 0.25) is 0 Å². The molecule has 0 fully saturated rings. The maximum atomic E-state index is 9.00. The molecule has 0 aliphatic rings. The molecule has 0 bridgehead atoms. The maximum absolute atomic E-state index is 9.00. The fraction of sp³-hybridized carbons (Fsp3) is 1.00. The SMILES string of the molecule is CC(O)CCC[Si](C)(C)CCl. The van der Waals surface area contributed by atoms with Crippen LogP contribution in [0.3, 0.4) is 0 Å². The monoisotopic (exact) mass is 194 g/mol. The third-order valence-electron chi connectivity index (χ3n) is 1.84. The van der Waals surface area contributed by atoms with Crippen molar-refractivity contribution in [1.29, 1.82) is 0 Å². The number of alkyl halides is 1. The van der Waals surface area contributed by atoms with Gasteiger partial charge in [-0.1, -0.05) is 25.6 Å². The van der Waals surface area contributed by atoms with Crippen LogP contribution in [0.5, 0.6) is 0 Å². The molecule has 1 unspecified atom stereocenters. The largest absolute Gasteiger partial charge is 0.393 e. The third-order valence-corrected chi connectivity index (χ3v) is 6.44. The predicted octanol–water partition coefficient (Wildman–Crippen LogP) is 2.63. The Morgan fingerprint density at radius 1 is 1.45 bits per heavy atom. The van der Waals surface area contributed by atoms with Crippen LogP contribution in [0.4, 0.5) is 0 Å². The quantitative estimate of drug-likeness (QED) is 0.527. The van der Waals surface area contributed by atoms with Gasteiger partial charge >= 0.3 is 0 Å². The molecule has 0 heterocycles. The Kier molecular flexibility index (Phi) is 5.39. The number of halogens is 1.